The van der Waals surface area contributed by atoms with Crippen molar-refractivity contribution in [1.29, 1.82) is 0 Å². The molecule has 1 fully saturated rings. The number of aromatic nitrogens is 2. The lowest BCUT2D eigenvalue weighted by atomic mass is 9.91. The zero-order valence-corrected chi connectivity index (χ0v) is 14.5. The highest BCUT2D eigenvalue weighted by molar-refractivity contribution is 5.94. The van der Waals surface area contributed by atoms with Crippen molar-refractivity contribution in [2.75, 3.05) is 13.2 Å². The summed E-state index contributed by atoms with van der Waals surface area (Å²) in [6.07, 6.45) is 5.09. The number of nitrogens with zero attached hydrogens (tertiary/aromatic N) is 2. The van der Waals surface area contributed by atoms with Crippen LogP contribution in [0, 0.1) is 12.8 Å². The molecule has 1 aromatic heterocycles. The molecule has 0 bridgehead atoms. The average Bonchev–Trinajstić information content (AvgIpc) is 3.28. The van der Waals surface area contributed by atoms with E-state index in [1.165, 1.54) is 17.5 Å². The minimum atomic E-state index is -0.272. The molecule has 1 aromatic carbocycles. The van der Waals surface area contributed by atoms with Gasteiger partial charge in [-0.15, -0.1) is 0 Å². The molecule has 1 saturated heterocycles. The Bertz CT molecular complexity index is 765. The monoisotopic (exact) mass is 341 g/mol. The zero-order valence-electron chi connectivity index (χ0n) is 14.5. The molecular weight excluding hydrogens is 318 g/mol. The van der Waals surface area contributed by atoms with Gasteiger partial charge in [0.15, 0.2) is 5.82 Å². The second-order valence-corrected chi connectivity index (χ2v) is 6.92. The van der Waals surface area contributed by atoms with E-state index in [0.717, 1.165) is 25.7 Å². The molecule has 132 valence electrons. The summed E-state index contributed by atoms with van der Waals surface area (Å²) in [5.41, 5.74) is 3.36. The molecule has 25 heavy (non-hydrogen) atoms. The molecule has 1 amide bonds. The second kappa shape index (κ2) is 6.96. The van der Waals surface area contributed by atoms with Gasteiger partial charge in [0.25, 0.3) is 5.91 Å². The number of nitrogens with one attached hydrogen (secondary N) is 1. The predicted octanol–water partition coefficient (Wildman–Crippen LogP) is 2.76. The third-order valence-electron chi connectivity index (χ3n) is 5.19. The number of rotatable bonds is 4. The Balaban J connectivity index is 1.56. The highest BCUT2D eigenvalue weighted by atomic mass is 16.5. The Hall–Kier alpha value is -2.21. The number of hydrogen-bond acceptors (Lipinski definition) is 5. The first kappa shape index (κ1) is 16.3. The lowest BCUT2D eigenvalue weighted by Gasteiger charge is -2.28. The summed E-state index contributed by atoms with van der Waals surface area (Å²) in [6.45, 7) is 3.18. The zero-order chi connectivity index (χ0) is 17.2. The van der Waals surface area contributed by atoms with Crippen molar-refractivity contribution in [2.24, 2.45) is 5.92 Å². The van der Waals surface area contributed by atoms with Crippen molar-refractivity contribution in [3.63, 3.8) is 0 Å². The molecule has 6 heteroatoms. The second-order valence-electron chi connectivity index (χ2n) is 6.92. The normalized spacial score (nSPS) is 18.8. The van der Waals surface area contributed by atoms with E-state index >= 15 is 0 Å². The van der Waals surface area contributed by atoms with Crippen molar-refractivity contribution >= 4 is 5.91 Å². The van der Waals surface area contributed by atoms with Crippen LogP contribution in [0.4, 0.5) is 0 Å². The number of fused-ring (bicyclic) bond motifs is 1. The average molecular weight is 341 g/mol. The predicted molar refractivity (Wildman–Crippen MR) is 91.3 cm³/mol. The van der Waals surface area contributed by atoms with Crippen LogP contribution < -0.4 is 5.32 Å². The SMILES string of the molecule is Cc1noc(C(NC(=O)c2ccc3c(c2)CCC3)C2CCOCC2)n1. The fourth-order valence-corrected chi connectivity index (χ4v) is 3.81. The van der Waals surface area contributed by atoms with Crippen LogP contribution in [0.15, 0.2) is 22.7 Å². The fourth-order valence-electron chi connectivity index (χ4n) is 3.81. The minimum Gasteiger partial charge on any atom is -0.381 e. The summed E-state index contributed by atoms with van der Waals surface area (Å²) in [5, 5.41) is 7.02. The molecule has 1 aliphatic carbocycles. The van der Waals surface area contributed by atoms with E-state index < -0.39 is 0 Å². The smallest absolute Gasteiger partial charge is 0.251 e. The third kappa shape index (κ3) is 3.44. The van der Waals surface area contributed by atoms with Crippen LogP contribution >= 0.6 is 0 Å². The first-order chi connectivity index (χ1) is 12.2. The van der Waals surface area contributed by atoms with Gasteiger partial charge in [0.05, 0.1) is 0 Å². The van der Waals surface area contributed by atoms with Gasteiger partial charge in [0.2, 0.25) is 5.89 Å². The van der Waals surface area contributed by atoms with Crippen molar-refractivity contribution in [3.05, 3.63) is 46.6 Å². The molecule has 6 nitrogen and oxygen atoms in total. The van der Waals surface area contributed by atoms with E-state index in [1.54, 1.807) is 6.92 Å². The maximum Gasteiger partial charge on any atom is 0.251 e. The molecule has 1 N–H and O–H groups in total. The Morgan fingerprint density at radius 3 is 2.80 bits per heavy atom. The summed E-state index contributed by atoms with van der Waals surface area (Å²) in [4.78, 5) is 17.2. The van der Waals surface area contributed by atoms with E-state index in [1.807, 2.05) is 12.1 Å². The highest BCUT2D eigenvalue weighted by Crippen LogP contribution is 2.30. The molecule has 2 heterocycles. The summed E-state index contributed by atoms with van der Waals surface area (Å²) in [6, 6.07) is 5.75. The third-order valence-corrected chi connectivity index (χ3v) is 5.19. The maximum atomic E-state index is 12.8. The van der Waals surface area contributed by atoms with Gasteiger partial charge < -0.3 is 14.6 Å². The van der Waals surface area contributed by atoms with Gasteiger partial charge in [0, 0.05) is 18.8 Å². The summed E-state index contributed by atoms with van der Waals surface area (Å²) < 4.78 is 10.8. The number of amides is 1. The molecule has 1 atom stereocenters. The van der Waals surface area contributed by atoms with Crippen LogP contribution in [0.25, 0.3) is 0 Å². The molecule has 0 radical (unpaired) electrons. The van der Waals surface area contributed by atoms with Crippen LogP contribution in [0.2, 0.25) is 0 Å². The first-order valence-electron chi connectivity index (χ1n) is 9.01. The van der Waals surface area contributed by atoms with Gasteiger partial charge in [0.1, 0.15) is 6.04 Å². The van der Waals surface area contributed by atoms with Crippen molar-refractivity contribution in [3.8, 4) is 0 Å². The van der Waals surface area contributed by atoms with Crippen LogP contribution in [-0.2, 0) is 17.6 Å². The summed E-state index contributed by atoms with van der Waals surface area (Å²) in [7, 11) is 0. The number of hydrogen-bond donors (Lipinski definition) is 1. The van der Waals surface area contributed by atoms with Gasteiger partial charge in [-0.25, -0.2) is 0 Å². The van der Waals surface area contributed by atoms with Gasteiger partial charge in [-0.2, -0.15) is 4.98 Å². The Labute approximate surface area is 147 Å². The van der Waals surface area contributed by atoms with Crippen LogP contribution in [-0.4, -0.2) is 29.3 Å². The quantitative estimate of drug-likeness (QED) is 0.925. The molecular formula is C19H23N3O3. The number of aryl methyl sites for hydroxylation is 3. The Morgan fingerprint density at radius 2 is 2.04 bits per heavy atom. The number of benzene rings is 1. The number of carbonyl (C=O) groups excluding carboxylic acids is 1. The lowest BCUT2D eigenvalue weighted by molar-refractivity contribution is 0.0468. The van der Waals surface area contributed by atoms with Crippen molar-refractivity contribution in [1.82, 2.24) is 15.5 Å². The van der Waals surface area contributed by atoms with E-state index in [-0.39, 0.29) is 17.9 Å². The van der Waals surface area contributed by atoms with Gasteiger partial charge >= 0.3 is 0 Å². The topological polar surface area (TPSA) is 77.2 Å². The van der Waals surface area contributed by atoms with Crippen LogP contribution in [0.3, 0.4) is 0 Å². The van der Waals surface area contributed by atoms with E-state index in [0.29, 0.717) is 30.5 Å². The van der Waals surface area contributed by atoms with E-state index in [4.69, 9.17) is 9.26 Å². The molecule has 0 saturated carbocycles. The van der Waals surface area contributed by atoms with Crippen LogP contribution in [0.5, 0.6) is 0 Å². The number of carbonyl (C=O) groups is 1. The van der Waals surface area contributed by atoms with E-state index in [2.05, 4.69) is 21.5 Å². The van der Waals surface area contributed by atoms with Crippen molar-refractivity contribution in [2.45, 2.75) is 45.1 Å². The molecule has 1 unspecified atom stereocenters. The van der Waals surface area contributed by atoms with Gasteiger partial charge in [-0.1, -0.05) is 11.2 Å². The Kier molecular flexibility index (Phi) is 4.53. The van der Waals surface area contributed by atoms with Gasteiger partial charge in [-0.05, 0) is 68.2 Å². The molecule has 0 spiro atoms. The maximum absolute atomic E-state index is 12.8. The summed E-state index contributed by atoms with van der Waals surface area (Å²) in [5.74, 6) is 1.23. The lowest BCUT2D eigenvalue weighted by Crippen LogP contribution is -2.36. The van der Waals surface area contributed by atoms with E-state index in [9.17, 15) is 4.79 Å². The molecule has 2 aromatic rings. The number of ether oxygens (including phenoxy) is 1. The first-order valence-corrected chi connectivity index (χ1v) is 9.01. The molecule has 4 rings (SSSR count). The van der Waals surface area contributed by atoms with Crippen LogP contribution in [0.1, 0.15) is 58.5 Å². The minimum absolute atomic E-state index is 0.0814. The fraction of sp³-hybridized carbons (Fsp3) is 0.526. The molecule has 2 aliphatic rings. The largest absolute Gasteiger partial charge is 0.381 e. The Morgan fingerprint density at radius 1 is 1.24 bits per heavy atom. The van der Waals surface area contributed by atoms with Crippen molar-refractivity contribution < 1.29 is 14.1 Å². The summed E-state index contributed by atoms with van der Waals surface area (Å²) >= 11 is 0. The molecule has 1 aliphatic heterocycles. The van der Waals surface area contributed by atoms with Gasteiger partial charge in [-0.3, -0.25) is 4.79 Å². The standard InChI is InChI=1S/C19H23N3O3/c1-12-20-19(25-22-12)17(14-7-9-24-10-8-14)21-18(23)16-6-5-13-3-2-4-15(13)11-16/h5-6,11,14,17H,2-4,7-10H2,1H3,(H,21,23). The highest BCUT2D eigenvalue weighted by Gasteiger charge is 2.31.